The van der Waals surface area contributed by atoms with Gasteiger partial charge in [0, 0.05) is 25.4 Å². The summed E-state index contributed by atoms with van der Waals surface area (Å²) in [5, 5.41) is 12.9. The second-order valence-corrected chi connectivity index (χ2v) is 6.04. The highest BCUT2D eigenvalue weighted by atomic mass is 16.3. The van der Waals surface area contributed by atoms with E-state index in [1.165, 1.54) is 32.1 Å². The molecule has 0 aromatic heterocycles. The van der Waals surface area contributed by atoms with Crippen LogP contribution in [-0.2, 0) is 4.79 Å². The number of carbonyl (C=O) groups excluding carboxylic acids is 1. The fourth-order valence-corrected chi connectivity index (χ4v) is 3.77. The highest BCUT2D eigenvalue weighted by Gasteiger charge is 2.36. The largest absolute Gasteiger partial charge is 0.393 e. The van der Waals surface area contributed by atoms with Crippen LogP contribution in [0.2, 0.25) is 0 Å². The molecule has 19 heavy (non-hydrogen) atoms. The molecule has 0 bridgehead atoms. The van der Waals surface area contributed by atoms with Crippen LogP contribution in [-0.4, -0.2) is 48.2 Å². The first kappa shape index (κ1) is 14.8. The molecule has 1 heterocycles. The van der Waals surface area contributed by atoms with E-state index in [-0.39, 0.29) is 12.0 Å². The number of rotatable bonds is 5. The topological polar surface area (TPSA) is 52.6 Å². The zero-order valence-corrected chi connectivity index (χ0v) is 12.1. The molecular weight excluding hydrogens is 240 g/mol. The summed E-state index contributed by atoms with van der Waals surface area (Å²) >= 11 is 0. The van der Waals surface area contributed by atoms with Gasteiger partial charge < -0.3 is 10.4 Å². The Morgan fingerprint density at radius 3 is 2.79 bits per heavy atom. The Balaban J connectivity index is 1.80. The molecule has 2 rings (SSSR count). The minimum absolute atomic E-state index is 0.0988. The molecule has 1 saturated carbocycles. The molecular formula is C15H28N2O2. The third-order valence-corrected chi connectivity index (χ3v) is 4.82. The monoisotopic (exact) mass is 268 g/mol. The zero-order chi connectivity index (χ0) is 13.7. The minimum atomic E-state index is -0.0988. The number of carbonyl (C=O) groups is 1. The predicted molar refractivity (Wildman–Crippen MR) is 75.9 cm³/mol. The lowest BCUT2D eigenvalue weighted by Gasteiger charge is -2.37. The second kappa shape index (κ2) is 7.25. The van der Waals surface area contributed by atoms with Crippen molar-refractivity contribution in [2.24, 2.45) is 5.92 Å². The summed E-state index contributed by atoms with van der Waals surface area (Å²) in [5.74, 6) is 0.602. The van der Waals surface area contributed by atoms with Crippen LogP contribution >= 0.6 is 0 Å². The van der Waals surface area contributed by atoms with Crippen LogP contribution in [0.25, 0.3) is 0 Å². The Labute approximate surface area is 116 Å². The summed E-state index contributed by atoms with van der Waals surface area (Å²) in [4.78, 5) is 13.8. The molecule has 110 valence electrons. The van der Waals surface area contributed by atoms with Crippen molar-refractivity contribution < 1.29 is 9.90 Å². The number of hydrogen-bond donors (Lipinski definition) is 2. The molecule has 4 heteroatoms. The number of nitrogens with one attached hydrogen (secondary N) is 1. The van der Waals surface area contributed by atoms with Gasteiger partial charge in [-0.25, -0.2) is 0 Å². The molecule has 3 unspecified atom stereocenters. The first-order valence-corrected chi connectivity index (χ1v) is 7.85. The van der Waals surface area contributed by atoms with E-state index in [9.17, 15) is 9.90 Å². The van der Waals surface area contributed by atoms with Gasteiger partial charge in [0.25, 0.3) is 0 Å². The third-order valence-electron chi connectivity index (χ3n) is 4.82. The van der Waals surface area contributed by atoms with Crippen LogP contribution < -0.4 is 5.32 Å². The van der Waals surface area contributed by atoms with Crippen molar-refractivity contribution in [3.05, 3.63) is 0 Å². The molecule has 0 aromatic rings. The lowest BCUT2D eigenvalue weighted by atomic mass is 9.80. The standard InChI is InChI=1S/C15H28N2O2/c1-16-15(19)9-5-11-17-10-4-7-13(17)12-6-2-3-8-14(12)18/h12-14,18H,2-11H2,1H3,(H,16,19). The SMILES string of the molecule is CNC(=O)CCCN1CCCC1C1CCCCC1O. The number of amides is 1. The van der Waals surface area contributed by atoms with Crippen molar-refractivity contribution in [2.75, 3.05) is 20.1 Å². The van der Waals surface area contributed by atoms with E-state index in [1.807, 2.05) is 0 Å². The maximum absolute atomic E-state index is 11.3. The van der Waals surface area contributed by atoms with E-state index in [1.54, 1.807) is 7.05 Å². The van der Waals surface area contributed by atoms with E-state index in [2.05, 4.69) is 10.2 Å². The van der Waals surface area contributed by atoms with Gasteiger partial charge in [-0.15, -0.1) is 0 Å². The van der Waals surface area contributed by atoms with Gasteiger partial charge >= 0.3 is 0 Å². The Hall–Kier alpha value is -0.610. The fourth-order valence-electron chi connectivity index (χ4n) is 3.77. The van der Waals surface area contributed by atoms with Crippen molar-refractivity contribution >= 4 is 5.91 Å². The highest BCUT2D eigenvalue weighted by Crippen LogP contribution is 2.34. The van der Waals surface area contributed by atoms with Crippen LogP contribution in [0.4, 0.5) is 0 Å². The summed E-state index contributed by atoms with van der Waals surface area (Å²) < 4.78 is 0. The summed E-state index contributed by atoms with van der Waals surface area (Å²) in [5.41, 5.74) is 0. The van der Waals surface area contributed by atoms with E-state index < -0.39 is 0 Å². The Morgan fingerprint density at radius 2 is 2.05 bits per heavy atom. The number of hydrogen-bond acceptors (Lipinski definition) is 3. The first-order chi connectivity index (χ1) is 9.22. The van der Waals surface area contributed by atoms with Crippen LogP contribution in [0, 0.1) is 5.92 Å². The number of aliphatic hydroxyl groups excluding tert-OH is 1. The van der Waals surface area contributed by atoms with Gasteiger partial charge in [0.1, 0.15) is 0 Å². The Morgan fingerprint density at radius 1 is 1.26 bits per heavy atom. The molecule has 0 aromatic carbocycles. The zero-order valence-electron chi connectivity index (χ0n) is 12.1. The van der Waals surface area contributed by atoms with E-state index in [4.69, 9.17) is 0 Å². The molecule has 1 aliphatic carbocycles. The Kier molecular flexibility index (Phi) is 5.64. The summed E-state index contributed by atoms with van der Waals surface area (Å²) in [6, 6.07) is 0.556. The quantitative estimate of drug-likeness (QED) is 0.795. The molecule has 0 spiro atoms. The van der Waals surface area contributed by atoms with Gasteiger partial charge in [-0.3, -0.25) is 9.69 Å². The van der Waals surface area contributed by atoms with Crippen molar-refractivity contribution in [3.63, 3.8) is 0 Å². The van der Waals surface area contributed by atoms with E-state index >= 15 is 0 Å². The molecule has 0 radical (unpaired) electrons. The van der Waals surface area contributed by atoms with Gasteiger partial charge in [-0.2, -0.15) is 0 Å². The molecule has 2 N–H and O–H groups in total. The molecule has 1 saturated heterocycles. The smallest absolute Gasteiger partial charge is 0.219 e. The normalized spacial score (nSPS) is 32.4. The van der Waals surface area contributed by atoms with Gasteiger partial charge in [-0.05, 0) is 45.2 Å². The molecule has 2 fully saturated rings. The van der Waals surface area contributed by atoms with Crippen LogP contribution in [0.3, 0.4) is 0 Å². The minimum Gasteiger partial charge on any atom is -0.393 e. The summed E-state index contributed by atoms with van der Waals surface area (Å²) in [7, 11) is 1.69. The molecule has 1 amide bonds. The Bertz CT molecular complexity index is 296. The van der Waals surface area contributed by atoms with Crippen molar-refractivity contribution in [3.8, 4) is 0 Å². The molecule has 1 aliphatic heterocycles. The van der Waals surface area contributed by atoms with Crippen molar-refractivity contribution in [1.29, 1.82) is 0 Å². The van der Waals surface area contributed by atoms with E-state index in [0.717, 1.165) is 25.9 Å². The van der Waals surface area contributed by atoms with Crippen molar-refractivity contribution in [1.82, 2.24) is 10.2 Å². The average Bonchev–Trinajstić information content (AvgIpc) is 2.87. The van der Waals surface area contributed by atoms with Gasteiger partial charge in [0.15, 0.2) is 0 Å². The predicted octanol–water partition coefficient (Wildman–Crippen LogP) is 1.53. The maximum Gasteiger partial charge on any atom is 0.219 e. The third kappa shape index (κ3) is 3.93. The number of aliphatic hydroxyl groups is 1. The lowest BCUT2D eigenvalue weighted by Crippen LogP contribution is -2.43. The number of nitrogens with zero attached hydrogens (tertiary/aromatic N) is 1. The van der Waals surface area contributed by atoms with E-state index in [0.29, 0.717) is 18.4 Å². The first-order valence-electron chi connectivity index (χ1n) is 7.85. The maximum atomic E-state index is 11.3. The molecule has 2 aliphatic rings. The van der Waals surface area contributed by atoms with Crippen LogP contribution in [0.5, 0.6) is 0 Å². The molecule has 3 atom stereocenters. The lowest BCUT2D eigenvalue weighted by molar-refractivity contribution is -0.120. The molecule has 4 nitrogen and oxygen atoms in total. The number of likely N-dealkylation sites (tertiary alicyclic amines) is 1. The van der Waals surface area contributed by atoms with Gasteiger partial charge in [0.2, 0.25) is 5.91 Å². The highest BCUT2D eigenvalue weighted by molar-refractivity contribution is 5.75. The average molecular weight is 268 g/mol. The summed E-state index contributed by atoms with van der Waals surface area (Å²) in [6.07, 6.45) is 8.52. The second-order valence-electron chi connectivity index (χ2n) is 6.04. The van der Waals surface area contributed by atoms with Crippen LogP contribution in [0.1, 0.15) is 51.4 Å². The van der Waals surface area contributed by atoms with Gasteiger partial charge in [-0.1, -0.05) is 12.8 Å². The van der Waals surface area contributed by atoms with Gasteiger partial charge in [0.05, 0.1) is 6.10 Å². The fraction of sp³-hybridized carbons (Fsp3) is 0.933. The van der Waals surface area contributed by atoms with Crippen LogP contribution in [0.15, 0.2) is 0 Å². The van der Waals surface area contributed by atoms with Crippen molar-refractivity contribution in [2.45, 2.75) is 63.5 Å². The summed E-state index contributed by atoms with van der Waals surface area (Å²) in [6.45, 7) is 2.14.